The van der Waals surface area contributed by atoms with Crippen LogP contribution in [-0.4, -0.2) is 67.3 Å². The summed E-state index contributed by atoms with van der Waals surface area (Å²) in [5, 5.41) is 1.14. The number of nitrogens with zero attached hydrogens (tertiary/aromatic N) is 3. The van der Waals surface area contributed by atoms with Crippen molar-refractivity contribution in [2.45, 2.75) is 19.3 Å². The fraction of sp³-hybridized carbons (Fsp3) is 0.526. The van der Waals surface area contributed by atoms with E-state index < -0.39 is 0 Å². The van der Waals surface area contributed by atoms with Crippen LogP contribution in [0.15, 0.2) is 30.5 Å². The molecule has 0 atom stereocenters. The van der Waals surface area contributed by atoms with Gasteiger partial charge in [0.15, 0.2) is 0 Å². The molecule has 0 bridgehead atoms. The second-order valence-electron chi connectivity index (χ2n) is 6.76. The highest BCUT2D eigenvalue weighted by Crippen LogP contribution is 2.22. The van der Waals surface area contributed by atoms with E-state index in [4.69, 9.17) is 4.74 Å². The lowest BCUT2D eigenvalue weighted by Gasteiger charge is -2.14. The molecule has 1 aliphatic rings. The number of carbonyl (C=O) groups excluding carboxylic acids is 1. The van der Waals surface area contributed by atoms with Crippen LogP contribution in [0.2, 0.25) is 0 Å². The van der Waals surface area contributed by atoms with Crippen molar-refractivity contribution in [3.05, 3.63) is 36.0 Å². The van der Waals surface area contributed by atoms with Crippen molar-refractivity contribution in [2.24, 2.45) is 0 Å². The molecular formula is C19H27N3O2. The van der Waals surface area contributed by atoms with Crippen molar-refractivity contribution < 1.29 is 9.53 Å². The van der Waals surface area contributed by atoms with Crippen LogP contribution in [-0.2, 0) is 11.2 Å². The molecule has 0 spiro atoms. The first-order valence-electron chi connectivity index (χ1n) is 8.78. The number of likely N-dealkylation sites (N-methyl/N-ethyl adjacent to an activating group) is 1. The lowest BCUT2D eigenvalue weighted by molar-refractivity contribution is 0.135. The van der Waals surface area contributed by atoms with Crippen molar-refractivity contribution in [1.82, 2.24) is 14.4 Å². The van der Waals surface area contributed by atoms with Gasteiger partial charge in [0.2, 0.25) is 0 Å². The molecule has 0 unspecified atom stereocenters. The zero-order chi connectivity index (χ0) is 16.9. The molecule has 2 heterocycles. The summed E-state index contributed by atoms with van der Waals surface area (Å²) in [6, 6.07) is 8.04. The van der Waals surface area contributed by atoms with E-state index in [1.54, 1.807) is 4.57 Å². The molecule has 0 radical (unpaired) electrons. The Morgan fingerprint density at radius 1 is 1.21 bits per heavy atom. The molecule has 2 aromatic rings. The van der Waals surface area contributed by atoms with Crippen LogP contribution in [0.5, 0.6) is 0 Å². The Morgan fingerprint density at radius 3 is 2.71 bits per heavy atom. The van der Waals surface area contributed by atoms with Gasteiger partial charge in [0, 0.05) is 24.7 Å². The normalized spacial score (nSPS) is 15.5. The lowest BCUT2D eigenvalue weighted by Crippen LogP contribution is -2.26. The predicted octanol–water partition coefficient (Wildman–Crippen LogP) is 2.83. The van der Waals surface area contributed by atoms with Gasteiger partial charge in [0.05, 0.1) is 5.52 Å². The number of hydrogen-bond acceptors (Lipinski definition) is 4. The Morgan fingerprint density at radius 2 is 1.96 bits per heavy atom. The van der Waals surface area contributed by atoms with Gasteiger partial charge in [-0.2, -0.15) is 0 Å². The van der Waals surface area contributed by atoms with Crippen LogP contribution in [0.1, 0.15) is 18.4 Å². The van der Waals surface area contributed by atoms with Crippen LogP contribution < -0.4 is 0 Å². The summed E-state index contributed by atoms with van der Waals surface area (Å²) >= 11 is 0. The fourth-order valence-corrected chi connectivity index (χ4v) is 3.28. The van der Waals surface area contributed by atoms with Gasteiger partial charge >= 0.3 is 6.09 Å². The predicted molar refractivity (Wildman–Crippen MR) is 96.6 cm³/mol. The number of aromatic nitrogens is 1. The number of carbonyl (C=O) groups is 1. The van der Waals surface area contributed by atoms with E-state index in [2.05, 4.69) is 30.0 Å². The zero-order valence-corrected chi connectivity index (χ0v) is 14.7. The van der Waals surface area contributed by atoms with E-state index in [-0.39, 0.29) is 6.09 Å². The summed E-state index contributed by atoms with van der Waals surface area (Å²) in [7, 11) is 4.12. The maximum absolute atomic E-state index is 12.5. The van der Waals surface area contributed by atoms with Crippen molar-refractivity contribution in [1.29, 1.82) is 0 Å². The molecule has 1 aliphatic heterocycles. The smallest absolute Gasteiger partial charge is 0.418 e. The molecule has 5 heteroatoms. The van der Waals surface area contributed by atoms with Gasteiger partial charge in [-0.05, 0) is 58.1 Å². The second kappa shape index (κ2) is 7.81. The molecule has 3 rings (SSSR count). The third-order valence-electron chi connectivity index (χ3n) is 4.65. The van der Waals surface area contributed by atoms with E-state index in [0.717, 1.165) is 43.5 Å². The molecule has 130 valence electrons. The van der Waals surface area contributed by atoms with Crippen LogP contribution in [0, 0.1) is 0 Å². The van der Waals surface area contributed by atoms with Crippen LogP contribution in [0.3, 0.4) is 0 Å². The topological polar surface area (TPSA) is 37.7 Å². The first-order valence-corrected chi connectivity index (χ1v) is 8.78. The molecule has 1 saturated heterocycles. The van der Waals surface area contributed by atoms with E-state index in [1.807, 2.05) is 24.4 Å². The molecule has 5 nitrogen and oxygen atoms in total. The molecule has 0 N–H and O–H groups in total. The third-order valence-corrected chi connectivity index (χ3v) is 4.65. The molecule has 1 fully saturated rings. The number of fused-ring (bicyclic) bond motifs is 1. The third kappa shape index (κ3) is 3.97. The molecule has 24 heavy (non-hydrogen) atoms. The van der Waals surface area contributed by atoms with Crippen molar-refractivity contribution in [2.75, 3.05) is 46.9 Å². The van der Waals surface area contributed by atoms with Gasteiger partial charge in [-0.15, -0.1) is 0 Å². The zero-order valence-electron chi connectivity index (χ0n) is 14.7. The standard InChI is InChI=1S/C19H27N3O2/c1-20(2)12-9-16-15-22(18-8-4-3-7-17(16)18)19(23)24-14-13-21-10-5-6-11-21/h3-4,7-8,15H,5-6,9-14H2,1-2H3. The number of rotatable bonds is 6. The van der Waals surface area contributed by atoms with Gasteiger partial charge in [-0.1, -0.05) is 18.2 Å². The van der Waals surface area contributed by atoms with Crippen LogP contribution >= 0.6 is 0 Å². The van der Waals surface area contributed by atoms with Gasteiger partial charge < -0.3 is 9.64 Å². The van der Waals surface area contributed by atoms with E-state index in [9.17, 15) is 4.79 Å². The Bertz CT molecular complexity index is 687. The monoisotopic (exact) mass is 329 g/mol. The van der Waals surface area contributed by atoms with E-state index >= 15 is 0 Å². The first kappa shape index (κ1) is 17.0. The van der Waals surface area contributed by atoms with Crippen molar-refractivity contribution in [3.63, 3.8) is 0 Å². The maximum Gasteiger partial charge on any atom is 0.418 e. The highest BCUT2D eigenvalue weighted by molar-refractivity contribution is 5.91. The summed E-state index contributed by atoms with van der Waals surface area (Å²) in [6.45, 7) is 4.49. The molecular weight excluding hydrogens is 302 g/mol. The quantitative estimate of drug-likeness (QED) is 0.817. The summed E-state index contributed by atoms with van der Waals surface area (Å²) in [6.07, 6.45) is 5.09. The van der Waals surface area contributed by atoms with Gasteiger partial charge in [-0.3, -0.25) is 9.47 Å². The van der Waals surface area contributed by atoms with Crippen molar-refractivity contribution >= 4 is 17.0 Å². The first-order chi connectivity index (χ1) is 11.6. The average molecular weight is 329 g/mol. The minimum absolute atomic E-state index is 0.276. The summed E-state index contributed by atoms with van der Waals surface area (Å²) < 4.78 is 7.17. The highest BCUT2D eigenvalue weighted by Gasteiger charge is 2.16. The SMILES string of the molecule is CN(C)CCc1cn(C(=O)OCCN2CCCC2)c2ccccc12. The highest BCUT2D eigenvalue weighted by atomic mass is 16.5. The maximum atomic E-state index is 12.5. The van der Waals surface area contributed by atoms with Gasteiger partial charge in [0.25, 0.3) is 0 Å². The minimum atomic E-state index is -0.276. The Kier molecular flexibility index (Phi) is 5.53. The lowest BCUT2D eigenvalue weighted by atomic mass is 10.1. The molecule has 0 saturated carbocycles. The minimum Gasteiger partial charge on any atom is -0.448 e. The molecule has 1 aromatic heterocycles. The summed E-state index contributed by atoms with van der Waals surface area (Å²) in [5.41, 5.74) is 2.12. The van der Waals surface area contributed by atoms with Crippen LogP contribution in [0.25, 0.3) is 10.9 Å². The molecule has 1 aromatic carbocycles. The number of ether oxygens (including phenoxy) is 1. The summed E-state index contributed by atoms with van der Waals surface area (Å²) in [5.74, 6) is 0. The number of para-hydroxylation sites is 1. The molecule has 0 aliphatic carbocycles. The Labute approximate surface area is 143 Å². The Balaban J connectivity index is 1.69. The van der Waals surface area contributed by atoms with Crippen molar-refractivity contribution in [3.8, 4) is 0 Å². The number of hydrogen-bond donors (Lipinski definition) is 0. The summed E-state index contributed by atoms with van der Waals surface area (Å²) in [4.78, 5) is 17.0. The Hall–Kier alpha value is -1.85. The van der Waals surface area contributed by atoms with Gasteiger partial charge in [0.1, 0.15) is 6.61 Å². The number of benzene rings is 1. The second-order valence-corrected chi connectivity index (χ2v) is 6.76. The van der Waals surface area contributed by atoms with Crippen LogP contribution in [0.4, 0.5) is 4.79 Å². The fourth-order valence-electron chi connectivity index (χ4n) is 3.28. The van der Waals surface area contributed by atoms with Gasteiger partial charge in [-0.25, -0.2) is 4.79 Å². The molecule has 0 amide bonds. The number of likely N-dealkylation sites (tertiary alicyclic amines) is 1. The average Bonchev–Trinajstić information content (AvgIpc) is 3.20. The largest absolute Gasteiger partial charge is 0.448 e. The van der Waals surface area contributed by atoms with E-state index in [0.29, 0.717) is 6.61 Å². The van der Waals surface area contributed by atoms with E-state index in [1.165, 1.54) is 18.4 Å².